The molecule has 1 aliphatic heterocycles. The zero-order valence-electron chi connectivity index (χ0n) is 12.7. The maximum atomic E-state index is 14.5. The highest BCUT2D eigenvalue weighted by Crippen LogP contribution is 2.36. The summed E-state index contributed by atoms with van der Waals surface area (Å²) >= 11 is 0. The molecule has 2 aliphatic rings. The van der Waals surface area contributed by atoms with Crippen molar-refractivity contribution in [1.29, 1.82) is 0 Å². The van der Waals surface area contributed by atoms with Crippen molar-refractivity contribution < 1.29 is 24.1 Å². The summed E-state index contributed by atoms with van der Waals surface area (Å²) in [5.41, 5.74) is 6.43. The molecule has 2 unspecified atom stereocenters. The number of carbonyl (C=O) groups is 1. The van der Waals surface area contributed by atoms with Gasteiger partial charge in [-0.15, -0.1) is 0 Å². The smallest absolute Gasteiger partial charge is 0.414 e. The third-order valence-corrected chi connectivity index (χ3v) is 4.65. The second-order valence-electron chi connectivity index (χ2n) is 6.20. The molecule has 1 aliphatic carbocycles. The normalized spacial score (nSPS) is 31.3. The molecular weight excluding hydrogens is 303 g/mol. The van der Waals surface area contributed by atoms with Gasteiger partial charge in [-0.05, 0) is 42.9 Å². The van der Waals surface area contributed by atoms with Crippen LogP contribution in [0.2, 0.25) is 0 Å². The first-order chi connectivity index (χ1) is 11.0. The van der Waals surface area contributed by atoms with E-state index >= 15 is 0 Å². The molecule has 0 radical (unpaired) electrons. The van der Waals surface area contributed by atoms with Crippen LogP contribution in [0.15, 0.2) is 18.2 Å². The monoisotopic (exact) mass is 324 g/mol. The number of benzene rings is 1. The second kappa shape index (κ2) is 6.43. The number of hydrogen-bond donors (Lipinski definition) is 3. The molecule has 1 saturated carbocycles. The van der Waals surface area contributed by atoms with Crippen molar-refractivity contribution in [3.8, 4) is 0 Å². The number of aliphatic hydroxyl groups is 2. The summed E-state index contributed by atoms with van der Waals surface area (Å²) in [7, 11) is 0. The third kappa shape index (κ3) is 3.17. The van der Waals surface area contributed by atoms with Gasteiger partial charge in [0.2, 0.25) is 0 Å². The van der Waals surface area contributed by atoms with E-state index in [0.717, 1.165) is 0 Å². The van der Waals surface area contributed by atoms with Crippen LogP contribution < -0.4 is 10.6 Å². The summed E-state index contributed by atoms with van der Waals surface area (Å²) in [5.74, 6) is -0.551. The van der Waals surface area contributed by atoms with Crippen LogP contribution >= 0.6 is 0 Å². The second-order valence-corrected chi connectivity index (χ2v) is 6.20. The molecule has 1 heterocycles. The lowest BCUT2D eigenvalue weighted by Gasteiger charge is -2.30. The first-order valence-corrected chi connectivity index (χ1v) is 7.83. The van der Waals surface area contributed by atoms with Gasteiger partial charge in [0.15, 0.2) is 0 Å². The minimum absolute atomic E-state index is 0.134. The van der Waals surface area contributed by atoms with Crippen molar-refractivity contribution in [3.63, 3.8) is 0 Å². The Morgan fingerprint density at radius 2 is 2.09 bits per heavy atom. The lowest BCUT2D eigenvalue weighted by atomic mass is 9.81. The average Bonchev–Trinajstić information content (AvgIpc) is 2.91. The molecule has 1 amide bonds. The van der Waals surface area contributed by atoms with Crippen LogP contribution in [0.1, 0.15) is 30.7 Å². The van der Waals surface area contributed by atoms with Crippen molar-refractivity contribution in [2.45, 2.75) is 43.5 Å². The molecule has 1 aromatic rings. The summed E-state index contributed by atoms with van der Waals surface area (Å²) in [6, 6.07) is 4.63. The Kier molecular flexibility index (Phi) is 4.52. The van der Waals surface area contributed by atoms with Gasteiger partial charge >= 0.3 is 6.09 Å². The molecule has 23 heavy (non-hydrogen) atoms. The lowest BCUT2D eigenvalue weighted by molar-refractivity contribution is -0.0152. The molecule has 2 fully saturated rings. The van der Waals surface area contributed by atoms with Crippen LogP contribution in [-0.4, -0.2) is 47.7 Å². The molecule has 1 saturated heterocycles. The largest absolute Gasteiger partial charge is 0.443 e. The fourth-order valence-corrected chi connectivity index (χ4v) is 3.28. The zero-order chi connectivity index (χ0) is 16.6. The van der Waals surface area contributed by atoms with E-state index in [9.17, 15) is 19.4 Å². The predicted molar refractivity (Wildman–Crippen MR) is 81.7 cm³/mol. The summed E-state index contributed by atoms with van der Waals surface area (Å²) in [5, 5.41) is 19.3. The van der Waals surface area contributed by atoms with Crippen LogP contribution in [0.5, 0.6) is 0 Å². The van der Waals surface area contributed by atoms with E-state index in [1.807, 2.05) is 0 Å². The van der Waals surface area contributed by atoms with Crippen molar-refractivity contribution in [2.24, 2.45) is 5.73 Å². The first-order valence-electron chi connectivity index (χ1n) is 7.83. The minimum Gasteiger partial charge on any atom is -0.443 e. The van der Waals surface area contributed by atoms with E-state index < -0.39 is 24.1 Å². The molecule has 6 nitrogen and oxygen atoms in total. The van der Waals surface area contributed by atoms with Crippen molar-refractivity contribution >= 4 is 11.8 Å². The highest BCUT2D eigenvalue weighted by Gasteiger charge is 2.33. The number of anilines is 1. The Morgan fingerprint density at radius 3 is 2.70 bits per heavy atom. The molecule has 0 aromatic heterocycles. The van der Waals surface area contributed by atoms with E-state index in [-0.39, 0.29) is 18.6 Å². The van der Waals surface area contributed by atoms with Crippen LogP contribution in [0.3, 0.4) is 0 Å². The number of halogens is 1. The highest BCUT2D eigenvalue weighted by atomic mass is 19.1. The van der Waals surface area contributed by atoms with Crippen LogP contribution in [0.4, 0.5) is 14.9 Å². The van der Waals surface area contributed by atoms with Gasteiger partial charge in [-0.3, -0.25) is 4.90 Å². The van der Waals surface area contributed by atoms with Crippen molar-refractivity contribution in [2.75, 3.05) is 18.0 Å². The van der Waals surface area contributed by atoms with Gasteiger partial charge in [0.25, 0.3) is 0 Å². The fraction of sp³-hybridized carbons (Fsp3) is 0.562. The quantitative estimate of drug-likeness (QED) is 0.774. The summed E-state index contributed by atoms with van der Waals surface area (Å²) < 4.78 is 19.5. The summed E-state index contributed by atoms with van der Waals surface area (Å²) in [6.45, 7) is 0.535. The molecule has 1 aromatic carbocycles. The standard InChI is InChI=1S/C16H21FN2O4/c17-13-6-10(19-8-11(7-18)23-16(19)22)2-3-12(13)9-1-4-14(20)15(21)5-9/h2-3,6,9,11,14-15,20-21H,1,4-5,7-8,18H2/t9?,11-,14?,15-/m0/s1. The number of nitrogens with two attached hydrogens (primary N) is 1. The molecule has 4 N–H and O–H groups in total. The van der Waals surface area contributed by atoms with E-state index in [0.29, 0.717) is 37.1 Å². The molecule has 7 heteroatoms. The molecule has 0 bridgehead atoms. The van der Waals surface area contributed by atoms with Crippen LogP contribution in [0, 0.1) is 5.82 Å². The van der Waals surface area contributed by atoms with Gasteiger partial charge < -0.3 is 20.7 Å². The van der Waals surface area contributed by atoms with E-state index in [1.54, 1.807) is 12.1 Å². The number of rotatable bonds is 3. The number of cyclic esters (lactones) is 1. The third-order valence-electron chi connectivity index (χ3n) is 4.65. The molecule has 126 valence electrons. The lowest BCUT2D eigenvalue weighted by Crippen LogP contribution is -2.33. The fourth-order valence-electron chi connectivity index (χ4n) is 3.28. The molecular formula is C16H21FN2O4. The Morgan fingerprint density at radius 1 is 1.30 bits per heavy atom. The number of ether oxygens (including phenoxy) is 1. The van der Waals surface area contributed by atoms with E-state index in [1.165, 1.54) is 11.0 Å². The van der Waals surface area contributed by atoms with E-state index in [4.69, 9.17) is 10.5 Å². The summed E-state index contributed by atoms with van der Waals surface area (Å²) in [4.78, 5) is 13.2. The Balaban J connectivity index is 1.77. The van der Waals surface area contributed by atoms with Gasteiger partial charge in [-0.25, -0.2) is 9.18 Å². The number of aliphatic hydroxyl groups excluding tert-OH is 2. The van der Waals surface area contributed by atoms with Crippen molar-refractivity contribution in [3.05, 3.63) is 29.6 Å². The molecule has 0 spiro atoms. The minimum atomic E-state index is -0.827. The van der Waals surface area contributed by atoms with E-state index in [2.05, 4.69) is 0 Å². The van der Waals surface area contributed by atoms with Gasteiger partial charge in [-0.1, -0.05) is 6.07 Å². The van der Waals surface area contributed by atoms with Crippen LogP contribution in [-0.2, 0) is 4.74 Å². The number of nitrogens with zero attached hydrogens (tertiary/aromatic N) is 1. The maximum absolute atomic E-state index is 14.5. The summed E-state index contributed by atoms with van der Waals surface area (Å²) in [6.07, 6.45) is -1.06. The van der Waals surface area contributed by atoms with Gasteiger partial charge in [0.1, 0.15) is 11.9 Å². The highest BCUT2D eigenvalue weighted by molar-refractivity contribution is 5.89. The number of hydrogen-bond acceptors (Lipinski definition) is 5. The first kappa shape index (κ1) is 16.2. The van der Waals surface area contributed by atoms with Crippen molar-refractivity contribution in [1.82, 2.24) is 0 Å². The zero-order valence-corrected chi connectivity index (χ0v) is 12.7. The van der Waals surface area contributed by atoms with Gasteiger partial charge in [0.05, 0.1) is 24.4 Å². The average molecular weight is 324 g/mol. The number of amides is 1. The van der Waals surface area contributed by atoms with Crippen LogP contribution in [0.25, 0.3) is 0 Å². The van der Waals surface area contributed by atoms with Gasteiger partial charge in [-0.2, -0.15) is 0 Å². The Labute approximate surface area is 133 Å². The molecule has 4 atom stereocenters. The molecule has 3 rings (SSSR count). The SMILES string of the molecule is NC[C@H]1CN(c2ccc(C3CCC(O)[C@@H](O)C3)c(F)c2)C(=O)O1. The Bertz CT molecular complexity index is 597. The topological polar surface area (TPSA) is 96.0 Å². The Hall–Kier alpha value is -1.70. The van der Waals surface area contributed by atoms with Gasteiger partial charge in [0, 0.05) is 6.54 Å². The maximum Gasteiger partial charge on any atom is 0.414 e. The number of carbonyl (C=O) groups excluding carboxylic acids is 1. The predicted octanol–water partition coefficient (Wildman–Crippen LogP) is 1.10.